The molecule has 0 amide bonds. The van der Waals surface area contributed by atoms with E-state index in [9.17, 15) is 26.3 Å². The predicted molar refractivity (Wildman–Crippen MR) is 66.5 cm³/mol. The molecule has 1 aromatic rings. The van der Waals surface area contributed by atoms with Gasteiger partial charge in [-0.3, -0.25) is 5.41 Å². The molecule has 118 valence electrons. The summed E-state index contributed by atoms with van der Waals surface area (Å²) in [6.07, 6.45) is -4.77. The Labute approximate surface area is 120 Å². The van der Waals surface area contributed by atoms with Gasteiger partial charge in [0.1, 0.15) is 11.6 Å². The van der Waals surface area contributed by atoms with E-state index < -0.39 is 41.2 Å². The van der Waals surface area contributed by atoms with Crippen molar-refractivity contribution in [1.29, 1.82) is 5.41 Å². The summed E-state index contributed by atoms with van der Waals surface area (Å²) >= 11 is -0.386. The van der Waals surface area contributed by atoms with Crippen molar-refractivity contribution in [2.45, 2.75) is 11.7 Å². The Morgan fingerprint density at radius 3 is 2.29 bits per heavy atom. The van der Waals surface area contributed by atoms with E-state index in [1.165, 1.54) is 0 Å². The Kier molecular flexibility index (Phi) is 5.37. The van der Waals surface area contributed by atoms with Gasteiger partial charge in [-0.05, 0) is 30.0 Å². The van der Waals surface area contributed by atoms with Gasteiger partial charge in [0.15, 0.2) is 0 Å². The van der Waals surface area contributed by atoms with Crippen LogP contribution < -0.4 is 10.5 Å². The number of ether oxygens (including phenoxy) is 1. The first-order chi connectivity index (χ1) is 9.50. The van der Waals surface area contributed by atoms with Crippen molar-refractivity contribution in [3.8, 4) is 5.75 Å². The molecular formula is C11H10F6N2OS. The molecule has 0 aliphatic heterocycles. The van der Waals surface area contributed by atoms with E-state index >= 15 is 0 Å². The van der Waals surface area contributed by atoms with Crippen LogP contribution in [-0.2, 0) is 6.18 Å². The lowest BCUT2D eigenvalue weighted by Crippen LogP contribution is -2.15. The number of halogens is 6. The molecule has 0 unspecified atom stereocenters. The van der Waals surface area contributed by atoms with Gasteiger partial charge in [-0.15, -0.1) is 0 Å². The summed E-state index contributed by atoms with van der Waals surface area (Å²) in [6, 6.07) is 2.68. The molecule has 10 heteroatoms. The van der Waals surface area contributed by atoms with Crippen LogP contribution in [0.4, 0.5) is 26.3 Å². The van der Waals surface area contributed by atoms with Gasteiger partial charge in [0.2, 0.25) is 0 Å². The van der Waals surface area contributed by atoms with E-state index in [0.717, 1.165) is 12.1 Å². The van der Waals surface area contributed by atoms with Gasteiger partial charge < -0.3 is 10.5 Å². The quantitative estimate of drug-likeness (QED) is 0.375. The minimum atomic E-state index is -4.77. The number of nitrogens with two attached hydrogens (primary N) is 1. The van der Waals surface area contributed by atoms with Crippen LogP contribution in [0, 0.1) is 5.41 Å². The number of benzene rings is 1. The van der Waals surface area contributed by atoms with Gasteiger partial charge in [-0.25, -0.2) is 0 Å². The van der Waals surface area contributed by atoms with Crippen molar-refractivity contribution in [3.63, 3.8) is 0 Å². The number of alkyl halides is 6. The van der Waals surface area contributed by atoms with Crippen molar-refractivity contribution in [2.75, 3.05) is 12.4 Å². The fraction of sp³-hybridized carbons (Fsp3) is 0.364. The average Bonchev–Trinajstić information content (AvgIpc) is 2.32. The number of hydrogen-bond donors (Lipinski definition) is 2. The van der Waals surface area contributed by atoms with Crippen LogP contribution in [-0.4, -0.2) is 23.7 Å². The van der Waals surface area contributed by atoms with Crippen LogP contribution in [0.25, 0.3) is 0 Å². The second-order valence-electron chi connectivity index (χ2n) is 3.77. The highest BCUT2D eigenvalue weighted by molar-refractivity contribution is 8.00. The van der Waals surface area contributed by atoms with E-state index in [1.807, 2.05) is 0 Å². The second-order valence-corrected chi connectivity index (χ2v) is 4.92. The largest absolute Gasteiger partial charge is 0.492 e. The maximum atomic E-state index is 12.8. The number of thioether (sulfide) groups is 1. The van der Waals surface area contributed by atoms with E-state index in [0.29, 0.717) is 6.07 Å². The molecule has 0 fully saturated rings. The van der Waals surface area contributed by atoms with Gasteiger partial charge in [-0.1, -0.05) is 0 Å². The topological polar surface area (TPSA) is 59.1 Å². The van der Waals surface area contributed by atoms with Crippen LogP contribution in [0.3, 0.4) is 0 Å². The lowest BCUT2D eigenvalue weighted by atomic mass is 10.1. The third-order valence-electron chi connectivity index (χ3n) is 2.20. The van der Waals surface area contributed by atoms with Gasteiger partial charge in [0.05, 0.1) is 12.2 Å². The van der Waals surface area contributed by atoms with E-state index in [1.54, 1.807) is 0 Å². The van der Waals surface area contributed by atoms with Gasteiger partial charge in [0, 0.05) is 11.3 Å². The molecule has 0 saturated carbocycles. The summed E-state index contributed by atoms with van der Waals surface area (Å²) < 4.78 is 78.8. The zero-order valence-electron chi connectivity index (χ0n) is 10.3. The van der Waals surface area contributed by atoms with Crippen molar-refractivity contribution in [2.24, 2.45) is 5.73 Å². The fourth-order valence-corrected chi connectivity index (χ4v) is 1.75. The highest BCUT2D eigenvalue weighted by Gasteiger charge is 2.35. The maximum absolute atomic E-state index is 12.8. The van der Waals surface area contributed by atoms with E-state index in [2.05, 4.69) is 0 Å². The molecule has 3 nitrogen and oxygen atoms in total. The highest BCUT2D eigenvalue weighted by atomic mass is 32.2. The smallest absolute Gasteiger partial charge is 0.441 e. The SMILES string of the molecule is N=C(N)c1ccc(OCCSC(F)(F)F)c(C(F)(F)F)c1. The molecule has 0 saturated heterocycles. The van der Waals surface area contributed by atoms with Gasteiger partial charge in [-0.2, -0.15) is 26.3 Å². The van der Waals surface area contributed by atoms with Crippen molar-refractivity contribution < 1.29 is 31.1 Å². The zero-order chi connectivity index (χ0) is 16.3. The Balaban J connectivity index is 2.84. The lowest BCUT2D eigenvalue weighted by Gasteiger charge is -2.15. The highest BCUT2D eigenvalue weighted by Crippen LogP contribution is 2.37. The van der Waals surface area contributed by atoms with Crippen LogP contribution in [0.15, 0.2) is 18.2 Å². The second kappa shape index (κ2) is 6.46. The van der Waals surface area contributed by atoms with Crippen molar-refractivity contribution >= 4 is 17.6 Å². The molecule has 0 atom stereocenters. The molecule has 0 bridgehead atoms. The summed E-state index contributed by atoms with van der Waals surface area (Å²) in [5.41, 5.74) is -0.712. The Hall–Kier alpha value is -1.58. The Morgan fingerprint density at radius 1 is 1.19 bits per heavy atom. The molecule has 0 aliphatic rings. The van der Waals surface area contributed by atoms with Crippen LogP contribution in [0.2, 0.25) is 0 Å². The number of rotatable bonds is 5. The van der Waals surface area contributed by atoms with Gasteiger partial charge in [0.25, 0.3) is 0 Å². The van der Waals surface area contributed by atoms with E-state index in [-0.39, 0.29) is 17.3 Å². The first-order valence-electron chi connectivity index (χ1n) is 5.40. The number of hydrogen-bond acceptors (Lipinski definition) is 3. The number of amidine groups is 1. The van der Waals surface area contributed by atoms with Crippen LogP contribution >= 0.6 is 11.8 Å². The van der Waals surface area contributed by atoms with Crippen molar-refractivity contribution in [3.05, 3.63) is 29.3 Å². The van der Waals surface area contributed by atoms with Gasteiger partial charge >= 0.3 is 11.7 Å². The molecule has 1 rings (SSSR count). The molecule has 0 aliphatic carbocycles. The average molecular weight is 332 g/mol. The third kappa shape index (κ3) is 5.74. The summed E-state index contributed by atoms with van der Waals surface area (Å²) in [6.45, 7) is -0.535. The molecule has 1 aromatic carbocycles. The van der Waals surface area contributed by atoms with Crippen molar-refractivity contribution in [1.82, 2.24) is 0 Å². The molecule has 0 heterocycles. The summed E-state index contributed by atoms with van der Waals surface area (Å²) in [7, 11) is 0. The Morgan fingerprint density at radius 2 is 1.81 bits per heavy atom. The zero-order valence-corrected chi connectivity index (χ0v) is 11.1. The minimum Gasteiger partial charge on any atom is -0.492 e. The third-order valence-corrected chi connectivity index (χ3v) is 2.90. The summed E-state index contributed by atoms with van der Waals surface area (Å²) in [5, 5.41) is 7.08. The Bertz CT molecular complexity index is 514. The first-order valence-corrected chi connectivity index (χ1v) is 6.38. The van der Waals surface area contributed by atoms with Crippen LogP contribution in [0.5, 0.6) is 5.75 Å². The molecule has 0 radical (unpaired) electrons. The fourth-order valence-electron chi connectivity index (χ4n) is 1.35. The minimum absolute atomic E-state index is 0.153. The van der Waals surface area contributed by atoms with Crippen LogP contribution in [0.1, 0.15) is 11.1 Å². The molecular weight excluding hydrogens is 322 g/mol. The number of nitrogen functional groups attached to an aromatic ring is 1. The molecule has 21 heavy (non-hydrogen) atoms. The standard InChI is InChI=1S/C11H10F6N2OS/c12-10(13,14)7-5-6(9(18)19)1-2-8(7)20-3-4-21-11(15,16)17/h1-2,5H,3-4H2,(H3,18,19). The maximum Gasteiger partial charge on any atom is 0.441 e. The lowest BCUT2D eigenvalue weighted by molar-refractivity contribution is -0.138. The molecule has 0 aromatic heterocycles. The summed E-state index contributed by atoms with van der Waals surface area (Å²) in [4.78, 5) is 0. The monoisotopic (exact) mass is 332 g/mol. The number of nitrogens with one attached hydrogen (secondary N) is 1. The predicted octanol–water partition coefficient (Wildman–Crippen LogP) is 3.62. The molecule has 0 spiro atoms. The molecule has 3 N–H and O–H groups in total. The van der Waals surface area contributed by atoms with E-state index in [4.69, 9.17) is 15.9 Å². The summed E-state index contributed by atoms with van der Waals surface area (Å²) in [5.74, 6) is -1.69. The normalized spacial score (nSPS) is 12.3. The first kappa shape index (κ1) is 17.5.